The molecule has 2 aliphatic heterocycles. The van der Waals surface area contributed by atoms with E-state index in [0.717, 1.165) is 0 Å². The van der Waals surface area contributed by atoms with Crippen LogP contribution in [0.1, 0.15) is 0 Å². The number of hydrogen-bond donors (Lipinski definition) is 1. The summed E-state index contributed by atoms with van der Waals surface area (Å²) in [6.45, 7) is 0. The highest BCUT2D eigenvalue weighted by Gasteiger charge is 2.72. The normalized spacial score (nSPS) is 54.2. The van der Waals surface area contributed by atoms with Gasteiger partial charge in [0.15, 0.2) is 4.08 Å². The molecule has 0 aromatic heterocycles. The molecule has 4 atom stereocenters. The first-order valence-corrected chi connectivity index (χ1v) is 6.80. The lowest BCUT2D eigenvalue weighted by molar-refractivity contribution is 0.473. The Kier molecular flexibility index (Phi) is 1.22. The quantitative estimate of drug-likeness (QED) is 0.403. The molecule has 0 aromatic carbocycles. The second-order valence-electron chi connectivity index (χ2n) is 3.16. The van der Waals surface area contributed by atoms with Crippen LogP contribution in [0, 0.1) is 0 Å². The van der Waals surface area contributed by atoms with Gasteiger partial charge >= 0.3 is 0 Å². The van der Waals surface area contributed by atoms with Gasteiger partial charge in [0.25, 0.3) is 10.1 Å². The Balaban J connectivity index is 2.07. The SMILES string of the molecule is O=S(=O)(O)C12C=CC3SC3C1S2. The summed E-state index contributed by atoms with van der Waals surface area (Å²) in [5.74, 6) is 0. The molecule has 2 fully saturated rings. The van der Waals surface area contributed by atoms with E-state index in [0.29, 0.717) is 10.5 Å². The van der Waals surface area contributed by atoms with Gasteiger partial charge in [-0.2, -0.15) is 8.42 Å². The predicted octanol–water partition coefficient (Wildman–Crippen LogP) is 0.740. The van der Waals surface area contributed by atoms with Crippen LogP contribution in [0.5, 0.6) is 0 Å². The van der Waals surface area contributed by atoms with Crippen molar-refractivity contribution >= 4 is 33.6 Å². The standard InChI is InChI=1S/C6H6O3S3/c7-12(8,9)6-2-1-3-4(10-3)5(6)11-6/h1-5H,(H,7,8,9). The summed E-state index contributed by atoms with van der Waals surface area (Å²) < 4.78 is 30.0. The summed E-state index contributed by atoms with van der Waals surface area (Å²) in [4.78, 5) is 0. The molecule has 0 spiro atoms. The first-order valence-electron chi connectivity index (χ1n) is 3.54. The monoisotopic (exact) mass is 222 g/mol. The van der Waals surface area contributed by atoms with Gasteiger partial charge in [-0.25, -0.2) is 0 Å². The Morgan fingerprint density at radius 3 is 2.92 bits per heavy atom. The summed E-state index contributed by atoms with van der Waals surface area (Å²) in [5, 5.41) is 1.05. The first kappa shape index (κ1) is 7.73. The molecule has 2 heterocycles. The van der Waals surface area contributed by atoms with E-state index < -0.39 is 14.2 Å². The molecule has 2 saturated heterocycles. The van der Waals surface area contributed by atoms with Crippen LogP contribution in [0.3, 0.4) is 0 Å². The van der Waals surface area contributed by atoms with Gasteiger partial charge < -0.3 is 0 Å². The molecule has 3 rings (SSSR count). The Hall–Kier alpha value is 0.350. The van der Waals surface area contributed by atoms with Crippen molar-refractivity contribution in [1.29, 1.82) is 0 Å². The molecule has 0 radical (unpaired) electrons. The molecular formula is C6H6O3S3. The van der Waals surface area contributed by atoms with Crippen molar-refractivity contribution < 1.29 is 13.0 Å². The van der Waals surface area contributed by atoms with Crippen LogP contribution < -0.4 is 0 Å². The minimum Gasteiger partial charge on any atom is -0.284 e. The van der Waals surface area contributed by atoms with Crippen molar-refractivity contribution in [3.63, 3.8) is 0 Å². The van der Waals surface area contributed by atoms with Gasteiger partial charge in [-0.1, -0.05) is 12.2 Å². The zero-order chi connectivity index (χ0) is 8.56. The Morgan fingerprint density at radius 2 is 2.25 bits per heavy atom. The van der Waals surface area contributed by atoms with Crippen LogP contribution in [0.15, 0.2) is 12.2 Å². The highest BCUT2D eigenvalue weighted by atomic mass is 32.3. The molecular weight excluding hydrogens is 216 g/mol. The molecule has 4 unspecified atom stereocenters. The van der Waals surface area contributed by atoms with Gasteiger partial charge in [0.05, 0.1) is 5.25 Å². The number of thioether (sulfide) groups is 2. The van der Waals surface area contributed by atoms with Crippen LogP contribution in [0.2, 0.25) is 0 Å². The number of hydrogen-bond acceptors (Lipinski definition) is 4. The molecule has 0 aromatic rings. The highest BCUT2D eigenvalue weighted by molar-refractivity contribution is 8.22. The Labute approximate surface area is 78.7 Å². The summed E-state index contributed by atoms with van der Waals surface area (Å²) in [7, 11) is -3.89. The fourth-order valence-electron chi connectivity index (χ4n) is 1.65. The minimum atomic E-state index is -3.89. The maximum atomic E-state index is 11.0. The van der Waals surface area contributed by atoms with Gasteiger partial charge in [-0.05, 0) is 0 Å². The van der Waals surface area contributed by atoms with Crippen LogP contribution in [-0.2, 0) is 10.1 Å². The van der Waals surface area contributed by atoms with Gasteiger partial charge in [0, 0.05) is 10.5 Å². The van der Waals surface area contributed by atoms with E-state index in [1.807, 2.05) is 6.08 Å². The zero-order valence-electron chi connectivity index (χ0n) is 5.88. The van der Waals surface area contributed by atoms with Gasteiger partial charge in [-0.15, -0.1) is 23.5 Å². The van der Waals surface area contributed by atoms with E-state index in [-0.39, 0.29) is 5.25 Å². The van der Waals surface area contributed by atoms with Gasteiger partial charge in [0.1, 0.15) is 0 Å². The molecule has 1 aliphatic carbocycles. The molecule has 12 heavy (non-hydrogen) atoms. The van der Waals surface area contributed by atoms with Crippen LogP contribution >= 0.6 is 23.5 Å². The average molecular weight is 222 g/mol. The fraction of sp³-hybridized carbons (Fsp3) is 0.667. The number of fused-ring (bicyclic) bond motifs is 3. The molecule has 66 valence electrons. The minimum absolute atomic E-state index is 0.104. The van der Waals surface area contributed by atoms with Crippen LogP contribution in [-0.4, -0.2) is 32.8 Å². The topological polar surface area (TPSA) is 54.4 Å². The molecule has 1 N–H and O–H groups in total. The summed E-state index contributed by atoms with van der Waals surface area (Å²) >= 11 is 3.14. The maximum Gasteiger partial charge on any atom is 0.285 e. The van der Waals surface area contributed by atoms with Crippen LogP contribution in [0.25, 0.3) is 0 Å². The Bertz CT molecular complexity index is 373. The van der Waals surface area contributed by atoms with Crippen molar-refractivity contribution in [3.05, 3.63) is 12.2 Å². The van der Waals surface area contributed by atoms with E-state index in [9.17, 15) is 8.42 Å². The second kappa shape index (κ2) is 1.89. The van der Waals surface area contributed by atoms with Gasteiger partial charge in [0.2, 0.25) is 0 Å². The summed E-state index contributed by atoms with van der Waals surface area (Å²) in [6, 6.07) is 0. The second-order valence-corrected chi connectivity index (χ2v) is 7.82. The largest absolute Gasteiger partial charge is 0.285 e. The molecule has 6 heteroatoms. The van der Waals surface area contributed by atoms with Crippen molar-refractivity contribution in [2.45, 2.75) is 19.8 Å². The summed E-state index contributed by atoms with van der Waals surface area (Å²) in [5.41, 5.74) is 0. The number of rotatable bonds is 1. The van der Waals surface area contributed by atoms with E-state index in [1.165, 1.54) is 11.8 Å². The summed E-state index contributed by atoms with van der Waals surface area (Å²) in [6.07, 6.45) is 3.55. The molecule has 3 aliphatic rings. The lowest BCUT2D eigenvalue weighted by atomic mass is 10.1. The van der Waals surface area contributed by atoms with Gasteiger partial charge in [-0.3, -0.25) is 4.55 Å². The molecule has 0 bridgehead atoms. The average Bonchev–Trinajstić information content (AvgIpc) is 2.79. The van der Waals surface area contributed by atoms with E-state index in [1.54, 1.807) is 17.8 Å². The van der Waals surface area contributed by atoms with Crippen molar-refractivity contribution in [1.82, 2.24) is 0 Å². The third kappa shape index (κ3) is 0.767. The lowest BCUT2D eigenvalue weighted by Gasteiger charge is -2.08. The van der Waals surface area contributed by atoms with Crippen molar-refractivity contribution in [2.24, 2.45) is 0 Å². The molecule has 0 saturated carbocycles. The van der Waals surface area contributed by atoms with Crippen molar-refractivity contribution in [2.75, 3.05) is 0 Å². The third-order valence-corrected chi connectivity index (χ3v) is 7.62. The maximum absolute atomic E-state index is 11.0. The fourth-order valence-corrected chi connectivity index (χ4v) is 6.20. The Morgan fingerprint density at radius 1 is 1.50 bits per heavy atom. The lowest BCUT2D eigenvalue weighted by Crippen LogP contribution is -2.28. The van der Waals surface area contributed by atoms with E-state index in [2.05, 4.69) is 0 Å². The highest BCUT2D eigenvalue weighted by Crippen LogP contribution is 2.70. The van der Waals surface area contributed by atoms with E-state index >= 15 is 0 Å². The molecule has 3 nitrogen and oxygen atoms in total. The van der Waals surface area contributed by atoms with E-state index in [4.69, 9.17) is 4.55 Å². The smallest absolute Gasteiger partial charge is 0.284 e. The van der Waals surface area contributed by atoms with Crippen LogP contribution in [0.4, 0.5) is 0 Å². The first-order chi connectivity index (χ1) is 5.55. The predicted molar refractivity (Wildman–Crippen MR) is 50.0 cm³/mol. The molecule has 0 amide bonds. The third-order valence-electron chi connectivity index (χ3n) is 2.43. The zero-order valence-corrected chi connectivity index (χ0v) is 8.32. The van der Waals surface area contributed by atoms with Crippen molar-refractivity contribution in [3.8, 4) is 0 Å².